The van der Waals surface area contributed by atoms with Crippen LogP contribution in [0.5, 0.6) is 0 Å². The fourth-order valence-corrected chi connectivity index (χ4v) is 3.12. The molecule has 1 amide bonds. The van der Waals surface area contributed by atoms with Crippen molar-refractivity contribution in [2.75, 3.05) is 6.54 Å². The molecule has 1 aromatic heterocycles. The van der Waals surface area contributed by atoms with Crippen LogP contribution in [0, 0.1) is 0 Å². The molecule has 2 atom stereocenters. The van der Waals surface area contributed by atoms with Gasteiger partial charge in [-0.15, -0.1) is 0 Å². The number of aliphatic carboxylic acids is 1. The zero-order valence-electron chi connectivity index (χ0n) is 10.3. The summed E-state index contributed by atoms with van der Waals surface area (Å²) in [7, 11) is 0. The molecule has 2 unspecified atom stereocenters. The van der Waals surface area contributed by atoms with Gasteiger partial charge in [-0.2, -0.15) is 11.3 Å². The lowest BCUT2D eigenvalue weighted by Crippen LogP contribution is -2.49. The van der Waals surface area contributed by atoms with Gasteiger partial charge in [0, 0.05) is 6.54 Å². The highest BCUT2D eigenvalue weighted by Gasteiger charge is 2.34. The molecule has 2 heterocycles. The van der Waals surface area contributed by atoms with E-state index in [1.54, 1.807) is 11.3 Å². The summed E-state index contributed by atoms with van der Waals surface area (Å²) in [6, 6.07) is 1.28. The number of carboxylic acids is 1. The van der Waals surface area contributed by atoms with Gasteiger partial charge >= 0.3 is 5.97 Å². The second-order valence-electron chi connectivity index (χ2n) is 4.66. The summed E-state index contributed by atoms with van der Waals surface area (Å²) in [6.45, 7) is 2.40. The zero-order chi connectivity index (χ0) is 13.1. The molecule has 0 aromatic carbocycles. The van der Waals surface area contributed by atoms with E-state index in [1.807, 2.05) is 23.8 Å². The average Bonchev–Trinajstić information content (AvgIpc) is 2.90. The molecular formula is C13H17NO3S. The third kappa shape index (κ3) is 2.56. The standard InChI is InChI=1S/C13H17NO3S/c1-9(10-5-7-18-8-10)12(15)14-6-3-2-4-11(14)13(16)17/h5,7-9,11H,2-4,6H2,1H3,(H,16,17). The molecule has 0 radical (unpaired) electrons. The minimum atomic E-state index is -0.888. The Morgan fingerprint density at radius 1 is 1.50 bits per heavy atom. The Hall–Kier alpha value is -1.36. The highest BCUT2D eigenvalue weighted by Crippen LogP contribution is 2.25. The normalized spacial score (nSPS) is 21.6. The van der Waals surface area contributed by atoms with E-state index in [0.29, 0.717) is 13.0 Å². The molecule has 1 aliphatic rings. The lowest BCUT2D eigenvalue weighted by molar-refractivity contribution is -0.152. The van der Waals surface area contributed by atoms with E-state index in [1.165, 1.54) is 4.90 Å². The Morgan fingerprint density at radius 2 is 2.28 bits per heavy atom. The Morgan fingerprint density at radius 3 is 2.89 bits per heavy atom. The molecule has 5 heteroatoms. The number of piperidine rings is 1. The van der Waals surface area contributed by atoms with Gasteiger partial charge < -0.3 is 10.0 Å². The first-order valence-electron chi connectivity index (χ1n) is 6.16. The van der Waals surface area contributed by atoms with Crippen LogP contribution in [0.25, 0.3) is 0 Å². The van der Waals surface area contributed by atoms with E-state index in [4.69, 9.17) is 0 Å². The molecule has 2 rings (SSSR count). The summed E-state index contributed by atoms with van der Waals surface area (Å²) in [4.78, 5) is 25.1. The van der Waals surface area contributed by atoms with Crippen LogP contribution in [0.15, 0.2) is 16.8 Å². The van der Waals surface area contributed by atoms with Gasteiger partial charge in [0.15, 0.2) is 0 Å². The summed E-state index contributed by atoms with van der Waals surface area (Å²) >= 11 is 1.55. The summed E-state index contributed by atoms with van der Waals surface area (Å²) in [5, 5.41) is 13.1. The van der Waals surface area contributed by atoms with Gasteiger partial charge in [-0.25, -0.2) is 4.79 Å². The number of rotatable bonds is 3. The molecular weight excluding hydrogens is 250 g/mol. The summed E-state index contributed by atoms with van der Waals surface area (Å²) in [6.07, 6.45) is 2.34. The lowest BCUT2D eigenvalue weighted by Gasteiger charge is -2.34. The van der Waals surface area contributed by atoms with Crippen LogP contribution in [0.1, 0.15) is 37.7 Å². The van der Waals surface area contributed by atoms with Gasteiger partial charge in [0.1, 0.15) is 6.04 Å². The molecule has 0 bridgehead atoms. The first kappa shape index (κ1) is 13.1. The molecule has 1 saturated heterocycles. The SMILES string of the molecule is CC(C(=O)N1CCCCC1C(=O)O)c1ccsc1. The van der Waals surface area contributed by atoms with Crippen LogP contribution >= 0.6 is 11.3 Å². The molecule has 4 nitrogen and oxygen atoms in total. The van der Waals surface area contributed by atoms with Gasteiger partial charge in [-0.1, -0.05) is 0 Å². The monoisotopic (exact) mass is 267 g/mol. The molecule has 1 N–H and O–H groups in total. The van der Waals surface area contributed by atoms with Crippen LogP contribution < -0.4 is 0 Å². The van der Waals surface area contributed by atoms with E-state index in [9.17, 15) is 14.7 Å². The minimum absolute atomic E-state index is 0.0690. The number of hydrogen-bond acceptors (Lipinski definition) is 3. The zero-order valence-corrected chi connectivity index (χ0v) is 11.2. The highest BCUT2D eigenvalue weighted by atomic mass is 32.1. The Bertz CT molecular complexity index is 429. The number of carbonyl (C=O) groups is 2. The predicted octanol–water partition coefficient (Wildman–Crippen LogP) is 2.32. The molecule has 18 heavy (non-hydrogen) atoms. The summed E-state index contributed by atoms with van der Waals surface area (Å²) < 4.78 is 0. The number of nitrogens with zero attached hydrogens (tertiary/aromatic N) is 1. The summed E-state index contributed by atoms with van der Waals surface area (Å²) in [5.74, 6) is -1.21. The maximum absolute atomic E-state index is 12.4. The van der Waals surface area contributed by atoms with E-state index in [0.717, 1.165) is 18.4 Å². The lowest BCUT2D eigenvalue weighted by atomic mass is 9.97. The molecule has 1 fully saturated rings. The number of carbonyl (C=O) groups excluding carboxylic acids is 1. The number of likely N-dealkylation sites (tertiary alicyclic amines) is 1. The van der Waals surface area contributed by atoms with Gasteiger partial charge in [0.2, 0.25) is 5.91 Å². The van der Waals surface area contributed by atoms with Gasteiger partial charge in [0.05, 0.1) is 5.92 Å². The van der Waals surface area contributed by atoms with Crippen molar-refractivity contribution in [3.8, 4) is 0 Å². The van der Waals surface area contributed by atoms with Crippen molar-refractivity contribution in [3.05, 3.63) is 22.4 Å². The molecule has 1 aromatic rings. The van der Waals surface area contributed by atoms with E-state index in [2.05, 4.69) is 0 Å². The van der Waals surface area contributed by atoms with Crippen molar-refractivity contribution in [3.63, 3.8) is 0 Å². The van der Waals surface area contributed by atoms with Gasteiger partial charge in [-0.05, 0) is 48.6 Å². The molecule has 0 aliphatic carbocycles. The van der Waals surface area contributed by atoms with E-state index in [-0.39, 0.29) is 11.8 Å². The third-order valence-corrected chi connectivity index (χ3v) is 4.19. The van der Waals surface area contributed by atoms with Gasteiger partial charge in [0.25, 0.3) is 0 Å². The van der Waals surface area contributed by atoms with Crippen LogP contribution in [0.2, 0.25) is 0 Å². The van der Waals surface area contributed by atoms with Crippen LogP contribution in [0.3, 0.4) is 0 Å². The van der Waals surface area contributed by atoms with E-state index >= 15 is 0 Å². The maximum Gasteiger partial charge on any atom is 0.326 e. The smallest absolute Gasteiger partial charge is 0.326 e. The second kappa shape index (κ2) is 5.52. The third-order valence-electron chi connectivity index (χ3n) is 3.48. The van der Waals surface area contributed by atoms with Crippen molar-refractivity contribution in [1.29, 1.82) is 0 Å². The largest absolute Gasteiger partial charge is 0.480 e. The number of amides is 1. The van der Waals surface area contributed by atoms with E-state index < -0.39 is 12.0 Å². The second-order valence-corrected chi connectivity index (χ2v) is 5.44. The summed E-state index contributed by atoms with van der Waals surface area (Å²) in [5.41, 5.74) is 0.972. The first-order chi connectivity index (χ1) is 8.61. The highest BCUT2D eigenvalue weighted by molar-refractivity contribution is 7.08. The minimum Gasteiger partial charge on any atom is -0.480 e. The van der Waals surface area contributed by atoms with Crippen LogP contribution in [-0.4, -0.2) is 34.5 Å². The maximum atomic E-state index is 12.4. The van der Waals surface area contributed by atoms with Crippen LogP contribution in [-0.2, 0) is 9.59 Å². The average molecular weight is 267 g/mol. The van der Waals surface area contributed by atoms with Crippen molar-refractivity contribution >= 4 is 23.2 Å². The van der Waals surface area contributed by atoms with Crippen molar-refractivity contribution < 1.29 is 14.7 Å². The van der Waals surface area contributed by atoms with Crippen molar-refractivity contribution in [1.82, 2.24) is 4.90 Å². The van der Waals surface area contributed by atoms with Gasteiger partial charge in [-0.3, -0.25) is 4.79 Å². The molecule has 1 aliphatic heterocycles. The quantitative estimate of drug-likeness (QED) is 0.914. The Labute approximate surface area is 110 Å². The topological polar surface area (TPSA) is 57.6 Å². The fourth-order valence-electron chi connectivity index (χ4n) is 2.36. The predicted molar refractivity (Wildman–Crippen MR) is 69.7 cm³/mol. The van der Waals surface area contributed by atoms with Crippen molar-refractivity contribution in [2.45, 2.75) is 38.1 Å². The van der Waals surface area contributed by atoms with Crippen molar-refractivity contribution in [2.24, 2.45) is 0 Å². The first-order valence-corrected chi connectivity index (χ1v) is 7.11. The number of thiophene rings is 1. The Balaban J connectivity index is 2.13. The number of carboxylic acid groups (broad SMARTS) is 1. The fraction of sp³-hybridized carbons (Fsp3) is 0.538. The molecule has 98 valence electrons. The number of hydrogen-bond donors (Lipinski definition) is 1. The molecule has 0 spiro atoms. The molecule has 0 saturated carbocycles. The Kier molecular flexibility index (Phi) is 4.01. The van der Waals surface area contributed by atoms with Crippen LogP contribution in [0.4, 0.5) is 0 Å².